The minimum absolute atomic E-state index is 0.582. The Balaban J connectivity index is 2.12. The molecule has 0 unspecified atom stereocenters. The molecular weight excluding hydrogens is 202 g/mol. The standard InChI is InChI=1S/C12H10N3O/c1-16-11-7-5-10(6-8-11)14-15-12-4-2-3-9-13-12/h2-7,9H,1H3. The Morgan fingerprint density at radius 3 is 2.75 bits per heavy atom. The third-order valence-corrected chi connectivity index (χ3v) is 1.90. The van der Waals surface area contributed by atoms with Crippen molar-refractivity contribution in [3.05, 3.63) is 48.7 Å². The Morgan fingerprint density at radius 1 is 1.19 bits per heavy atom. The minimum atomic E-state index is 0.582. The van der Waals surface area contributed by atoms with Crippen molar-refractivity contribution in [2.45, 2.75) is 0 Å². The van der Waals surface area contributed by atoms with E-state index < -0.39 is 0 Å². The van der Waals surface area contributed by atoms with Gasteiger partial charge < -0.3 is 4.74 Å². The highest BCUT2D eigenvalue weighted by Crippen LogP contribution is 2.19. The molecule has 1 heterocycles. The predicted molar refractivity (Wildman–Crippen MR) is 60.2 cm³/mol. The van der Waals surface area contributed by atoms with Crippen molar-refractivity contribution < 1.29 is 4.74 Å². The van der Waals surface area contributed by atoms with Crippen molar-refractivity contribution in [2.24, 2.45) is 10.2 Å². The number of aromatic nitrogens is 1. The molecule has 2 rings (SSSR count). The van der Waals surface area contributed by atoms with Gasteiger partial charge in [0.1, 0.15) is 5.75 Å². The Hall–Kier alpha value is -2.23. The van der Waals surface area contributed by atoms with Gasteiger partial charge in [-0.3, -0.25) is 0 Å². The highest BCUT2D eigenvalue weighted by molar-refractivity contribution is 5.40. The van der Waals surface area contributed by atoms with E-state index in [0.29, 0.717) is 17.3 Å². The molecule has 0 atom stereocenters. The Kier molecular flexibility index (Phi) is 3.23. The van der Waals surface area contributed by atoms with Gasteiger partial charge in [0.25, 0.3) is 0 Å². The maximum atomic E-state index is 4.99. The van der Waals surface area contributed by atoms with E-state index in [0.717, 1.165) is 0 Å². The van der Waals surface area contributed by atoms with Crippen LogP contribution in [0, 0.1) is 6.07 Å². The zero-order valence-electron chi connectivity index (χ0n) is 8.79. The van der Waals surface area contributed by atoms with Crippen LogP contribution in [-0.4, -0.2) is 12.1 Å². The summed E-state index contributed by atoms with van der Waals surface area (Å²) in [5, 5.41) is 8.01. The molecule has 2 aromatic rings. The van der Waals surface area contributed by atoms with Crippen LogP contribution in [0.3, 0.4) is 0 Å². The molecule has 0 aliphatic rings. The van der Waals surface area contributed by atoms with E-state index in [2.05, 4.69) is 21.3 Å². The van der Waals surface area contributed by atoms with Crippen LogP contribution in [0.2, 0.25) is 0 Å². The van der Waals surface area contributed by atoms with Crippen molar-refractivity contribution in [1.82, 2.24) is 4.98 Å². The van der Waals surface area contributed by atoms with E-state index in [4.69, 9.17) is 4.74 Å². The zero-order valence-corrected chi connectivity index (χ0v) is 8.79. The zero-order chi connectivity index (χ0) is 11.2. The summed E-state index contributed by atoms with van der Waals surface area (Å²) in [6, 6.07) is 13.7. The molecule has 16 heavy (non-hydrogen) atoms. The first-order valence-electron chi connectivity index (χ1n) is 4.77. The van der Waals surface area contributed by atoms with Crippen LogP contribution in [0.15, 0.2) is 52.8 Å². The lowest BCUT2D eigenvalue weighted by molar-refractivity contribution is 0.414. The molecule has 0 amide bonds. The second-order valence-corrected chi connectivity index (χ2v) is 3.00. The maximum absolute atomic E-state index is 4.99. The molecule has 0 saturated carbocycles. The predicted octanol–water partition coefficient (Wildman–Crippen LogP) is 3.31. The highest BCUT2D eigenvalue weighted by Gasteiger charge is 1.93. The first-order valence-corrected chi connectivity index (χ1v) is 4.77. The summed E-state index contributed by atoms with van der Waals surface area (Å²) in [6.07, 6.45) is 1.68. The molecule has 0 aliphatic carbocycles. The van der Waals surface area contributed by atoms with Gasteiger partial charge >= 0.3 is 0 Å². The SMILES string of the molecule is COc1[c]cc(N=Nc2ccccn2)cc1. The summed E-state index contributed by atoms with van der Waals surface area (Å²) in [5.41, 5.74) is 0.714. The number of hydrogen-bond acceptors (Lipinski definition) is 4. The fraction of sp³-hybridized carbons (Fsp3) is 0.0833. The van der Waals surface area contributed by atoms with Gasteiger partial charge in [-0.25, -0.2) is 4.98 Å². The molecule has 0 saturated heterocycles. The number of nitrogens with zero attached hydrogens (tertiary/aromatic N) is 3. The molecule has 4 nitrogen and oxygen atoms in total. The summed E-state index contributed by atoms with van der Waals surface area (Å²) < 4.78 is 4.99. The van der Waals surface area contributed by atoms with E-state index in [9.17, 15) is 0 Å². The topological polar surface area (TPSA) is 46.8 Å². The lowest BCUT2D eigenvalue weighted by Gasteiger charge is -1.97. The van der Waals surface area contributed by atoms with Crippen molar-refractivity contribution in [3.8, 4) is 5.75 Å². The molecule has 0 bridgehead atoms. The van der Waals surface area contributed by atoms with Gasteiger partial charge in [0, 0.05) is 12.3 Å². The summed E-state index contributed by atoms with van der Waals surface area (Å²) >= 11 is 0. The summed E-state index contributed by atoms with van der Waals surface area (Å²) in [6.45, 7) is 0. The first-order chi connectivity index (χ1) is 7.88. The molecule has 79 valence electrons. The molecular formula is C12H10N3O. The number of pyridine rings is 1. The minimum Gasteiger partial charge on any atom is -0.496 e. The molecule has 1 radical (unpaired) electrons. The molecule has 0 N–H and O–H groups in total. The molecule has 0 aliphatic heterocycles. The average Bonchev–Trinajstić information content (AvgIpc) is 2.38. The van der Waals surface area contributed by atoms with Gasteiger partial charge in [-0.15, -0.1) is 10.2 Å². The van der Waals surface area contributed by atoms with Crippen molar-refractivity contribution in [2.75, 3.05) is 7.11 Å². The van der Waals surface area contributed by atoms with Crippen LogP contribution < -0.4 is 4.74 Å². The van der Waals surface area contributed by atoms with Gasteiger partial charge in [0.2, 0.25) is 0 Å². The smallest absolute Gasteiger partial charge is 0.174 e. The second kappa shape index (κ2) is 5.02. The fourth-order valence-electron chi connectivity index (χ4n) is 1.11. The van der Waals surface area contributed by atoms with E-state index in [-0.39, 0.29) is 0 Å². The van der Waals surface area contributed by atoms with Gasteiger partial charge in [0.15, 0.2) is 5.82 Å². The van der Waals surface area contributed by atoms with Crippen molar-refractivity contribution >= 4 is 11.5 Å². The van der Waals surface area contributed by atoms with Crippen LogP contribution in [0.1, 0.15) is 0 Å². The molecule has 0 spiro atoms. The second-order valence-electron chi connectivity index (χ2n) is 3.00. The molecule has 4 heteroatoms. The number of ether oxygens (including phenoxy) is 1. The Labute approximate surface area is 93.6 Å². The summed E-state index contributed by atoms with van der Waals surface area (Å²) in [7, 11) is 1.60. The van der Waals surface area contributed by atoms with Crippen LogP contribution >= 0.6 is 0 Å². The van der Waals surface area contributed by atoms with E-state index >= 15 is 0 Å². The normalized spacial score (nSPS) is 10.6. The lowest BCUT2D eigenvalue weighted by atomic mass is 10.3. The molecule has 0 fully saturated rings. The van der Waals surface area contributed by atoms with Crippen molar-refractivity contribution in [3.63, 3.8) is 0 Å². The third-order valence-electron chi connectivity index (χ3n) is 1.90. The fourth-order valence-corrected chi connectivity index (χ4v) is 1.11. The monoisotopic (exact) mass is 212 g/mol. The quantitative estimate of drug-likeness (QED) is 0.733. The van der Waals surface area contributed by atoms with E-state index in [1.807, 2.05) is 18.2 Å². The number of azo groups is 1. The van der Waals surface area contributed by atoms with Crippen LogP contribution in [0.25, 0.3) is 0 Å². The summed E-state index contributed by atoms with van der Waals surface area (Å²) in [4.78, 5) is 4.03. The van der Waals surface area contributed by atoms with Crippen molar-refractivity contribution in [1.29, 1.82) is 0 Å². The van der Waals surface area contributed by atoms with Crippen LogP contribution in [0.4, 0.5) is 11.5 Å². The van der Waals surface area contributed by atoms with Gasteiger partial charge in [-0.1, -0.05) is 6.07 Å². The molecule has 1 aromatic heterocycles. The van der Waals surface area contributed by atoms with Crippen LogP contribution in [-0.2, 0) is 0 Å². The lowest BCUT2D eigenvalue weighted by Crippen LogP contribution is -1.80. The largest absolute Gasteiger partial charge is 0.496 e. The third kappa shape index (κ3) is 2.63. The number of methoxy groups -OCH3 is 1. The maximum Gasteiger partial charge on any atom is 0.174 e. The first kappa shape index (κ1) is 10.3. The number of hydrogen-bond donors (Lipinski definition) is 0. The van der Waals surface area contributed by atoms with Crippen LogP contribution in [0.5, 0.6) is 5.75 Å². The summed E-state index contributed by atoms with van der Waals surface area (Å²) in [5.74, 6) is 1.26. The average molecular weight is 212 g/mol. The highest BCUT2D eigenvalue weighted by atomic mass is 16.5. The Morgan fingerprint density at radius 2 is 2.12 bits per heavy atom. The van der Waals surface area contributed by atoms with Gasteiger partial charge in [-0.2, -0.15) is 0 Å². The molecule has 1 aromatic carbocycles. The van der Waals surface area contributed by atoms with E-state index in [1.165, 1.54) is 0 Å². The van der Waals surface area contributed by atoms with Gasteiger partial charge in [-0.05, 0) is 30.3 Å². The Bertz CT molecular complexity index is 465. The number of rotatable bonds is 3. The van der Waals surface area contributed by atoms with Gasteiger partial charge in [0.05, 0.1) is 12.8 Å². The number of benzene rings is 1. The van der Waals surface area contributed by atoms with E-state index in [1.54, 1.807) is 31.5 Å².